The van der Waals surface area contributed by atoms with Crippen molar-refractivity contribution in [3.8, 4) is 0 Å². The van der Waals surface area contributed by atoms with Gasteiger partial charge in [-0.2, -0.15) is 15.0 Å². The highest BCUT2D eigenvalue weighted by Crippen LogP contribution is 2.31. The molecule has 1 fully saturated rings. The van der Waals surface area contributed by atoms with Crippen LogP contribution in [0, 0.1) is 0 Å². The molecule has 0 amide bonds. The Morgan fingerprint density at radius 2 is 2.08 bits per heavy atom. The molecule has 4 rings (SSSR count). The smallest absolute Gasteiger partial charge is 0.261 e. The van der Waals surface area contributed by atoms with E-state index in [4.69, 9.17) is 4.98 Å². The summed E-state index contributed by atoms with van der Waals surface area (Å²) in [6.07, 6.45) is 3.88. The Bertz CT molecular complexity index is 944. The normalized spacial score (nSPS) is 18.5. The molecule has 1 aliphatic rings. The van der Waals surface area contributed by atoms with Crippen LogP contribution in [0.3, 0.4) is 0 Å². The van der Waals surface area contributed by atoms with E-state index in [1.54, 1.807) is 15.6 Å². The second kappa shape index (κ2) is 5.83. The van der Waals surface area contributed by atoms with Crippen molar-refractivity contribution in [1.82, 2.24) is 29.4 Å². The molecule has 7 nitrogen and oxygen atoms in total. The molecular weight excluding hydrogens is 304 g/mol. The zero-order valence-electron chi connectivity index (χ0n) is 13.9. The molecule has 124 valence electrons. The molecule has 1 unspecified atom stereocenters. The van der Waals surface area contributed by atoms with Crippen LogP contribution in [0.1, 0.15) is 30.4 Å². The van der Waals surface area contributed by atoms with Crippen molar-refractivity contribution < 1.29 is 0 Å². The molecule has 0 bridgehead atoms. The number of hydrogen-bond donors (Lipinski definition) is 0. The minimum absolute atomic E-state index is 0.0157. The maximum atomic E-state index is 12.7. The number of para-hydroxylation sites is 1. The molecule has 1 aliphatic heterocycles. The van der Waals surface area contributed by atoms with E-state index < -0.39 is 0 Å². The third-order valence-electron chi connectivity index (χ3n) is 4.69. The molecule has 0 N–H and O–H groups in total. The van der Waals surface area contributed by atoms with Gasteiger partial charge >= 0.3 is 0 Å². The van der Waals surface area contributed by atoms with Gasteiger partial charge in [-0.15, -0.1) is 0 Å². The number of nitrogens with zero attached hydrogens (tertiary/aromatic N) is 6. The maximum absolute atomic E-state index is 12.7. The Morgan fingerprint density at radius 3 is 2.88 bits per heavy atom. The van der Waals surface area contributed by atoms with Gasteiger partial charge in [-0.25, -0.2) is 4.98 Å². The standard InChI is InChI=1S/C17H20N6O/c1-21-16(19-14-7-4-3-6-13(14)17(21)24)15-8-5-9-23(15)11-12-10-18-22(2)20-12/h3-4,6-7,10,15H,5,8-9,11H2,1-2H3. The second-order valence-electron chi connectivity index (χ2n) is 6.31. The van der Waals surface area contributed by atoms with E-state index in [2.05, 4.69) is 15.1 Å². The number of aromatic nitrogens is 5. The topological polar surface area (TPSA) is 68.8 Å². The van der Waals surface area contributed by atoms with Gasteiger partial charge in [0.2, 0.25) is 0 Å². The molecule has 1 saturated heterocycles. The SMILES string of the molecule is Cn1ncc(CN2CCCC2c2nc3ccccc3c(=O)n2C)n1. The summed E-state index contributed by atoms with van der Waals surface area (Å²) in [6.45, 7) is 1.70. The van der Waals surface area contributed by atoms with Crippen molar-refractivity contribution in [3.05, 3.63) is 52.3 Å². The van der Waals surface area contributed by atoms with Crippen LogP contribution in [0.5, 0.6) is 0 Å². The van der Waals surface area contributed by atoms with Crippen molar-refractivity contribution in [2.75, 3.05) is 6.54 Å². The van der Waals surface area contributed by atoms with Gasteiger partial charge < -0.3 is 0 Å². The first kappa shape index (κ1) is 15.0. The van der Waals surface area contributed by atoms with E-state index in [1.807, 2.05) is 38.4 Å². The molecule has 0 radical (unpaired) electrons. The Balaban J connectivity index is 1.73. The van der Waals surface area contributed by atoms with Crippen LogP contribution < -0.4 is 5.56 Å². The van der Waals surface area contributed by atoms with Crippen LogP contribution in [0.4, 0.5) is 0 Å². The summed E-state index contributed by atoms with van der Waals surface area (Å²) >= 11 is 0. The fraction of sp³-hybridized carbons (Fsp3) is 0.412. The molecule has 0 saturated carbocycles. The molecule has 7 heteroatoms. The average molecular weight is 324 g/mol. The molecule has 3 heterocycles. The Hall–Kier alpha value is -2.54. The molecule has 0 aliphatic carbocycles. The monoisotopic (exact) mass is 324 g/mol. The van der Waals surface area contributed by atoms with Gasteiger partial charge in [-0.3, -0.25) is 14.3 Å². The average Bonchev–Trinajstić information content (AvgIpc) is 3.20. The van der Waals surface area contributed by atoms with E-state index in [0.717, 1.165) is 43.0 Å². The summed E-state index contributed by atoms with van der Waals surface area (Å²) in [7, 11) is 3.63. The van der Waals surface area contributed by atoms with Gasteiger partial charge in [-0.1, -0.05) is 12.1 Å². The summed E-state index contributed by atoms with van der Waals surface area (Å²) < 4.78 is 1.70. The summed E-state index contributed by atoms with van der Waals surface area (Å²) in [5.41, 5.74) is 1.72. The molecule has 1 atom stereocenters. The lowest BCUT2D eigenvalue weighted by Crippen LogP contribution is -2.30. The first-order valence-corrected chi connectivity index (χ1v) is 8.18. The lowest BCUT2D eigenvalue weighted by Gasteiger charge is -2.24. The van der Waals surface area contributed by atoms with Crippen molar-refractivity contribution in [3.63, 3.8) is 0 Å². The fourth-order valence-electron chi connectivity index (χ4n) is 3.51. The van der Waals surface area contributed by atoms with E-state index in [9.17, 15) is 4.79 Å². The maximum Gasteiger partial charge on any atom is 0.261 e. The molecule has 3 aromatic rings. The number of fused-ring (bicyclic) bond motifs is 1. The summed E-state index contributed by atoms with van der Waals surface area (Å²) in [4.78, 5) is 21.4. The number of benzene rings is 1. The van der Waals surface area contributed by atoms with Crippen LogP contribution in [-0.4, -0.2) is 36.0 Å². The van der Waals surface area contributed by atoms with Crippen LogP contribution in [-0.2, 0) is 20.6 Å². The minimum atomic E-state index is 0.0157. The van der Waals surface area contributed by atoms with Gasteiger partial charge in [0, 0.05) is 20.6 Å². The Kier molecular flexibility index (Phi) is 3.65. The van der Waals surface area contributed by atoms with Crippen LogP contribution in [0.25, 0.3) is 10.9 Å². The van der Waals surface area contributed by atoms with Crippen molar-refractivity contribution >= 4 is 10.9 Å². The van der Waals surface area contributed by atoms with Crippen LogP contribution in [0.15, 0.2) is 35.3 Å². The minimum Gasteiger partial charge on any atom is -0.298 e. The lowest BCUT2D eigenvalue weighted by molar-refractivity contribution is 0.232. The predicted octanol–water partition coefficient (Wildman–Crippen LogP) is 1.40. The Morgan fingerprint density at radius 1 is 1.25 bits per heavy atom. The van der Waals surface area contributed by atoms with Gasteiger partial charge in [0.1, 0.15) is 5.82 Å². The summed E-state index contributed by atoms with van der Waals surface area (Å²) in [5, 5.41) is 9.17. The first-order valence-electron chi connectivity index (χ1n) is 8.18. The third-order valence-corrected chi connectivity index (χ3v) is 4.69. The van der Waals surface area contributed by atoms with Crippen LogP contribution in [0.2, 0.25) is 0 Å². The largest absolute Gasteiger partial charge is 0.298 e. The summed E-state index contributed by atoms with van der Waals surface area (Å²) in [6, 6.07) is 7.67. The van der Waals surface area contributed by atoms with Gasteiger partial charge in [0.05, 0.1) is 28.8 Å². The number of aryl methyl sites for hydroxylation is 1. The van der Waals surface area contributed by atoms with E-state index in [1.165, 1.54) is 0 Å². The van der Waals surface area contributed by atoms with Crippen molar-refractivity contribution in [1.29, 1.82) is 0 Å². The highest BCUT2D eigenvalue weighted by Gasteiger charge is 2.30. The molecule has 24 heavy (non-hydrogen) atoms. The van der Waals surface area contributed by atoms with Crippen molar-refractivity contribution in [2.24, 2.45) is 14.1 Å². The third kappa shape index (κ3) is 2.50. The number of hydrogen-bond acceptors (Lipinski definition) is 5. The highest BCUT2D eigenvalue weighted by atomic mass is 16.1. The van der Waals surface area contributed by atoms with Gasteiger partial charge in [-0.05, 0) is 31.5 Å². The zero-order valence-corrected chi connectivity index (χ0v) is 13.9. The second-order valence-corrected chi connectivity index (χ2v) is 6.31. The zero-order chi connectivity index (χ0) is 16.7. The van der Waals surface area contributed by atoms with Gasteiger partial charge in [0.15, 0.2) is 0 Å². The quantitative estimate of drug-likeness (QED) is 0.728. The number of rotatable bonds is 3. The summed E-state index contributed by atoms with van der Waals surface area (Å²) in [5.74, 6) is 0.833. The van der Waals surface area contributed by atoms with Gasteiger partial charge in [0.25, 0.3) is 5.56 Å². The molecule has 0 spiro atoms. The Labute approximate surface area is 139 Å². The highest BCUT2D eigenvalue weighted by molar-refractivity contribution is 5.77. The molecule has 1 aromatic carbocycles. The first-order chi connectivity index (χ1) is 11.6. The van der Waals surface area contributed by atoms with Crippen LogP contribution >= 0.6 is 0 Å². The van der Waals surface area contributed by atoms with E-state index in [-0.39, 0.29) is 11.6 Å². The van der Waals surface area contributed by atoms with E-state index in [0.29, 0.717) is 5.39 Å². The fourth-order valence-corrected chi connectivity index (χ4v) is 3.51. The van der Waals surface area contributed by atoms with E-state index >= 15 is 0 Å². The lowest BCUT2D eigenvalue weighted by atomic mass is 10.1. The van der Waals surface area contributed by atoms with Crippen molar-refractivity contribution in [2.45, 2.75) is 25.4 Å². The predicted molar refractivity (Wildman–Crippen MR) is 90.4 cm³/mol. The molecule has 2 aromatic heterocycles. The molecular formula is C17H20N6O. The number of likely N-dealkylation sites (tertiary alicyclic amines) is 1.